The largest absolute Gasteiger partial charge is 0.370 e. The highest BCUT2D eigenvalue weighted by molar-refractivity contribution is 5.83. The van der Waals surface area contributed by atoms with Crippen LogP contribution in [0, 0.1) is 5.41 Å². The van der Waals surface area contributed by atoms with E-state index in [0.29, 0.717) is 32.6 Å². The van der Waals surface area contributed by atoms with Crippen LogP contribution in [-0.4, -0.2) is 52.1 Å². The normalized spacial score (nSPS) is 23.3. The summed E-state index contributed by atoms with van der Waals surface area (Å²) < 4.78 is 0. The number of carbonyl (C=O) groups excluding carboxylic acids is 3. The Labute approximate surface area is 153 Å². The molecule has 1 atom stereocenters. The van der Waals surface area contributed by atoms with Crippen molar-refractivity contribution in [1.29, 1.82) is 0 Å². The minimum atomic E-state index is -0.449. The molecule has 0 radical (unpaired) electrons. The molecule has 2 N–H and O–H groups in total. The summed E-state index contributed by atoms with van der Waals surface area (Å²) in [5, 5.41) is 0. The lowest BCUT2D eigenvalue weighted by molar-refractivity contribution is -0.144. The molecule has 0 saturated carbocycles. The Bertz CT molecular complexity index is 679. The number of likely N-dealkylation sites (tertiary alicyclic amines) is 2. The Morgan fingerprint density at radius 1 is 1.19 bits per heavy atom. The maximum Gasteiger partial charge on any atom is 0.223 e. The van der Waals surface area contributed by atoms with Crippen molar-refractivity contribution in [2.24, 2.45) is 11.1 Å². The highest BCUT2D eigenvalue weighted by Crippen LogP contribution is 2.39. The summed E-state index contributed by atoms with van der Waals surface area (Å²) in [7, 11) is 0. The van der Waals surface area contributed by atoms with E-state index in [1.165, 1.54) is 0 Å². The van der Waals surface area contributed by atoms with E-state index in [9.17, 15) is 14.4 Å². The molecule has 0 aromatic carbocycles. The van der Waals surface area contributed by atoms with E-state index in [0.717, 1.165) is 25.0 Å². The van der Waals surface area contributed by atoms with Crippen molar-refractivity contribution < 1.29 is 14.4 Å². The van der Waals surface area contributed by atoms with Crippen molar-refractivity contribution in [3.63, 3.8) is 0 Å². The molecule has 1 aromatic heterocycles. The summed E-state index contributed by atoms with van der Waals surface area (Å²) in [5.74, 6) is -0.315. The first-order chi connectivity index (χ1) is 12.5. The third-order valence-corrected chi connectivity index (χ3v) is 5.43. The molecule has 140 valence electrons. The van der Waals surface area contributed by atoms with Crippen LogP contribution < -0.4 is 5.73 Å². The number of amides is 3. The number of aromatic nitrogens is 1. The fourth-order valence-electron chi connectivity index (χ4n) is 4.08. The molecule has 3 amide bonds. The van der Waals surface area contributed by atoms with E-state index in [2.05, 4.69) is 4.98 Å². The molecule has 0 aliphatic carbocycles. The van der Waals surface area contributed by atoms with E-state index in [4.69, 9.17) is 5.73 Å². The molecule has 3 rings (SSSR count). The zero-order valence-corrected chi connectivity index (χ0v) is 15.0. The zero-order chi connectivity index (χ0) is 18.6. The highest BCUT2D eigenvalue weighted by Gasteiger charge is 2.42. The maximum atomic E-state index is 12.4. The second-order valence-electron chi connectivity index (χ2n) is 7.46. The summed E-state index contributed by atoms with van der Waals surface area (Å²) in [6, 6.07) is 5.71. The highest BCUT2D eigenvalue weighted by atomic mass is 16.2. The van der Waals surface area contributed by atoms with Crippen LogP contribution in [-0.2, 0) is 20.9 Å². The van der Waals surface area contributed by atoms with Crippen molar-refractivity contribution >= 4 is 17.7 Å². The van der Waals surface area contributed by atoms with Gasteiger partial charge in [-0.15, -0.1) is 0 Å². The van der Waals surface area contributed by atoms with Crippen LogP contribution in [0.3, 0.4) is 0 Å². The molecule has 7 heteroatoms. The first kappa shape index (κ1) is 18.4. The predicted octanol–water partition coefficient (Wildman–Crippen LogP) is 1.08. The van der Waals surface area contributed by atoms with Gasteiger partial charge in [0, 0.05) is 50.5 Å². The Kier molecular flexibility index (Phi) is 5.54. The number of piperidine rings is 2. The smallest absolute Gasteiger partial charge is 0.223 e. The number of primary amides is 1. The molecular formula is C19H26N4O3. The predicted molar refractivity (Wildman–Crippen MR) is 95.6 cm³/mol. The maximum absolute atomic E-state index is 12.4. The van der Waals surface area contributed by atoms with Gasteiger partial charge >= 0.3 is 0 Å². The van der Waals surface area contributed by atoms with Crippen molar-refractivity contribution in [2.75, 3.05) is 19.6 Å². The van der Waals surface area contributed by atoms with Crippen molar-refractivity contribution in [1.82, 2.24) is 14.8 Å². The number of hydrogen-bond acceptors (Lipinski definition) is 4. The van der Waals surface area contributed by atoms with E-state index >= 15 is 0 Å². The second kappa shape index (κ2) is 7.85. The minimum absolute atomic E-state index is 0.0175. The van der Waals surface area contributed by atoms with Gasteiger partial charge in [0.05, 0.1) is 12.2 Å². The third kappa shape index (κ3) is 4.39. The topological polar surface area (TPSA) is 96.6 Å². The van der Waals surface area contributed by atoms with Gasteiger partial charge < -0.3 is 15.5 Å². The summed E-state index contributed by atoms with van der Waals surface area (Å²) in [6.07, 6.45) is 5.25. The van der Waals surface area contributed by atoms with Crippen LogP contribution in [0.2, 0.25) is 0 Å². The van der Waals surface area contributed by atoms with Crippen LogP contribution in [0.4, 0.5) is 0 Å². The Balaban J connectivity index is 1.65. The minimum Gasteiger partial charge on any atom is -0.370 e. The van der Waals surface area contributed by atoms with Crippen LogP contribution >= 0.6 is 0 Å². The Morgan fingerprint density at radius 3 is 2.77 bits per heavy atom. The average molecular weight is 358 g/mol. The van der Waals surface area contributed by atoms with Gasteiger partial charge in [-0.2, -0.15) is 0 Å². The second-order valence-corrected chi connectivity index (χ2v) is 7.46. The van der Waals surface area contributed by atoms with Gasteiger partial charge in [0.15, 0.2) is 0 Å². The van der Waals surface area contributed by atoms with Crippen molar-refractivity contribution in [3.8, 4) is 0 Å². The molecule has 1 spiro atoms. The summed E-state index contributed by atoms with van der Waals surface area (Å²) in [6.45, 7) is 2.53. The Morgan fingerprint density at radius 2 is 2.04 bits per heavy atom. The molecular weight excluding hydrogens is 332 g/mol. The third-order valence-electron chi connectivity index (χ3n) is 5.43. The van der Waals surface area contributed by atoms with E-state index in [1.54, 1.807) is 6.20 Å². The molecule has 1 aromatic rings. The number of pyridine rings is 1. The first-order valence-electron chi connectivity index (χ1n) is 9.21. The van der Waals surface area contributed by atoms with Crippen molar-refractivity contribution in [3.05, 3.63) is 30.1 Å². The summed E-state index contributed by atoms with van der Waals surface area (Å²) >= 11 is 0. The van der Waals surface area contributed by atoms with Gasteiger partial charge in [0.1, 0.15) is 0 Å². The van der Waals surface area contributed by atoms with Gasteiger partial charge in [0.2, 0.25) is 17.7 Å². The van der Waals surface area contributed by atoms with Gasteiger partial charge in [-0.1, -0.05) is 6.07 Å². The average Bonchev–Trinajstić information content (AvgIpc) is 2.64. The van der Waals surface area contributed by atoms with Gasteiger partial charge in [-0.25, -0.2) is 0 Å². The molecule has 7 nitrogen and oxygen atoms in total. The Hall–Kier alpha value is -2.44. The quantitative estimate of drug-likeness (QED) is 0.852. The fraction of sp³-hybridized carbons (Fsp3) is 0.579. The van der Waals surface area contributed by atoms with E-state index in [1.807, 2.05) is 28.0 Å². The van der Waals surface area contributed by atoms with Crippen LogP contribution in [0.15, 0.2) is 24.4 Å². The lowest BCUT2D eigenvalue weighted by Gasteiger charge is -2.48. The molecule has 0 bridgehead atoms. The molecule has 2 aliphatic rings. The number of hydrogen-bond donors (Lipinski definition) is 1. The lowest BCUT2D eigenvalue weighted by Crippen LogP contribution is -2.54. The SMILES string of the molecule is NC(=O)CCC(=O)N1CCC[C@@]2(CCC(=O)N(Cc3ccccn3)C2)C1. The number of nitrogens with two attached hydrogens (primary N) is 1. The van der Waals surface area contributed by atoms with Crippen molar-refractivity contribution in [2.45, 2.75) is 45.1 Å². The molecule has 2 saturated heterocycles. The summed E-state index contributed by atoms with van der Waals surface area (Å²) in [5.41, 5.74) is 5.98. The number of carbonyl (C=O) groups is 3. The number of nitrogens with zero attached hydrogens (tertiary/aromatic N) is 3. The standard InChI is InChI=1S/C19H26N4O3/c20-16(24)5-6-17(25)22-11-3-8-19(13-22)9-7-18(26)23(14-19)12-15-4-1-2-10-21-15/h1-2,4,10H,3,5-9,11-14H2,(H2,20,24)/t19-/m1/s1. The molecule has 3 heterocycles. The molecule has 26 heavy (non-hydrogen) atoms. The number of rotatable bonds is 5. The van der Waals surface area contributed by atoms with Crippen LogP contribution in [0.25, 0.3) is 0 Å². The lowest BCUT2D eigenvalue weighted by atomic mass is 9.73. The van der Waals surface area contributed by atoms with Gasteiger partial charge in [-0.3, -0.25) is 19.4 Å². The van der Waals surface area contributed by atoms with Crippen LogP contribution in [0.5, 0.6) is 0 Å². The van der Waals surface area contributed by atoms with Gasteiger partial charge in [0.25, 0.3) is 0 Å². The first-order valence-corrected chi connectivity index (χ1v) is 9.21. The molecule has 2 aliphatic heterocycles. The molecule has 0 unspecified atom stereocenters. The zero-order valence-electron chi connectivity index (χ0n) is 15.0. The monoisotopic (exact) mass is 358 g/mol. The van der Waals surface area contributed by atoms with E-state index in [-0.39, 0.29) is 30.1 Å². The molecule has 2 fully saturated rings. The van der Waals surface area contributed by atoms with Gasteiger partial charge in [-0.05, 0) is 31.4 Å². The fourth-order valence-corrected chi connectivity index (χ4v) is 4.08. The summed E-state index contributed by atoms with van der Waals surface area (Å²) in [4.78, 5) is 43.8. The van der Waals surface area contributed by atoms with Crippen LogP contribution in [0.1, 0.15) is 44.2 Å². The van der Waals surface area contributed by atoms with E-state index < -0.39 is 5.91 Å².